The standard InChI is InChI=1S/C24H25FN2O4S/c1-2-19-8-12-22(13-9-19)31-17-16-26-24(28)18-27(21-6-4-3-5-7-21)32(29,30)23-14-10-20(25)11-15-23/h3-15H,2,16-18H2,1H3,(H,26,28). The van der Waals surface area contributed by atoms with Crippen LogP contribution < -0.4 is 14.4 Å². The third-order valence-electron chi connectivity index (χ3n) is 4.76. The van der Waals surface area contributed by atoms with Crippen molar-refractivity contribution in [3.63, 3.8) is 0 Å². The van der Waals surface area contributed by atoms with Crippen LogP contribution >= 0.6 is 0 Å². The van der Waals surface area contributed by atoms with Crippen LogP contribution in [0.5, 0.6) is 5.75 Å². The molecule has 6 nitrogen and oxygen atoms in total. The molecule has 0 aliphatic carbocycles. The first kappa shape index (κ1) is 23.3. The molecule has 0 radical (unpaired) electrons. The predicted molar refractivity (Wildman–Crippen MR) is 122 cm³/mol. The first-order valence-electron chi connectivity index (χ1n) is 10.2. The minimum absolute atomic E-state index is 0.102. The van der Waals surface area contributed by atoms with E-state index in [2.05, 4.69) is 12.2 Å². The maximum atomic E-state index is 13.3. The molecule has 3 aromatic rings. The normalized spacial score (nSPS) is 11.1. The Morgan fingerprint density at radius 2 is 1.62 bits per heavy atom. The molecule has 8 heteroatoms. The number of para-hydroxylation sites is 1. The van der Waals surface area contributed by atoms with Gasteiger partial charge < -0.3 is 10.1 Å². The molecule has 3 aromatic carbocycles. The van der Waals surface area contributed by atoms with E-state index in [1.165, 1.54) is 17.7 Å². The van der Waals surface area contributed by atoms with Gasteiger partial charge in [-0.25, -0.2) is 12.8 Å². The Kier molecular flexibility index (Phi) is 7.83. The van der Waals surface area contributed by atoms with Crippen molar-refractivity contribution in [2.75, 3.05) is 24.0 Å². The number of sulfonamides is 1. The van der Waals surface area contributed by atoms with Crippen LogP contribution in [0.4, 0.5) is 10.1 Å². The Hall–Kier alpha value is -3.39. The van der Waals surface area contributed by atoms with Crippen molar-refractivity contribution in [2.24, 2.45) is 0 Å². The number of benzene rings is 3. The highest BCUT2D eigenvalue weighted by atomic mass is 32.2. The van der Waals surface area contributed by atoms with Gasteiger partial charge in [0.2, 0.25) is 5.91 Å². The molecule has 1 amide bonds. The number of hydrogen-bond acceptors (Lipinski definition) is 4. The smallest absolute Gasteiger partial charge is 0.264 e. The number of nitrogens with zero attached hydrogens (tertiary/aromatic N) is 1. The molecule has 0 atom stereocenters. The zero-order valence-corrected chi connectivity index (χ0v) is 18.5. The van der Waals surface area contributed by atoms with Crippen molar-refractivity contribution in [1.29, 1.82) is 0 Å². The van der Waals surface area contributed by atoms with E-state index >= 15 is 0 Å². The average molecular weight is 457 g/mol. The Bertz CT molecular complexity index is 1120. The molecule has 0 aliphatic rings. The average Bonchev–Trinajstić information content (AvgIpc) is 2.81. The molecule has 0 spiro atoms. The Morgan fingerprint density at radius 3 is 2.25 bits per heavy atom. The van der Waals surface area contributed by atoms with Crippen molar-refractivity contribution in [3.8, 4) is 5.75 Å². The molecule has 0 unspecified atom stereocenters. The fourth-order valence-electron chi connectivity index (χ4n) is 3.01. The second kappa shape index (κ2) is 10.8. The fraction of sp³-hybridized carbons (Fsp3) is 0.208. The summed E-state index contributed by atoms with van der Waals surface area (Å²) in [4.78, 5) is 12.4. The second-order valence-corrected chi connectivity index (χ2v) is 8.86. The number of halogens is 1. The van der Waals surface area contributed by atoms with Gasteiger partial charge in [-0.3, -0.25) is 9.10 Å². The lowest BCUT2D eigenvalue weighted by atomic mass is 10.2. The number of carbonyl (C=O) groups is 1. The molecule has 168 valence electrons. The van der Waals surface area contributed by atoms with Crippen LogP contribution in [-0.2, 0) is 21.2 Å². The van der Waals surface area contributed by atoms with E-state index in [0.29, 0.717) is 11.4 Å². The molecule has 32 heavy (non-hydrogen) atoms. The summed E-state index contributed by atoms with van der Waals surface area (Å²) in [7, 11) is -4.07. The zero-order chi connectivity index (χ0) is 23.0. The lowest BCUT2D eigenvalue weighted by molar-refractivity contribution is -0.119. The van der Waals surface area contributed by atoms with Crippen LogP contribution in [0.25, 0.3) is 0 Å². The molecule has 0 aliphatic heterocycles. The minimum atomic E-state index is -4.07. The van der Waals surface area contributed by atoms with E-state index in [4.69, 9.17) is 4.74 Å². The molecule has 0 saturated heterocycles. The summed E-state index contributed by atoms with van der Waals surface area (Å²) < 4.78 is 46.2. The van der Waals surface area contributed by atoms with Crippen molar-refractivity contribution in [2.45, 2.75) is 18.2 Å². The molecular weight excluding hydrogens is 431 g/mol. The summed E-state index contributed by atoms with van der Waals surface area (Å²) in [5.74, 6) is -0.331. The number of hydrogen-bond donors (Lipinski definition) is 1. The molecule has 1 N–H and O–H groups in total. The van der Waals surface area contributed by atoms with Gasteiger partial charge in [-0.2, -0.15) is 0 Å². The van der Waals surface area contributed by atoms with Gasteiger partial charge in [-0.05, 0) is 60.5 Å². The number of carbonyl (C=O) groups excluding carboxylic acids is 1. The number of ether oxygens (including phenoxy) is 1. The highest BCUT2D eigenvalue weighted by molar-refractivity contribution is 7.92. The van der Waals surface area contributed by atoms with E-state index < -0.39 is 28.3 Å². The van der Waals surface area contributed by atoms with Gasteiger partial charge >= 0.3 is 0 Å². The van der Waals surface area contributed by atoms with Crippen LogP contribution in [-0.4, -0.2) is 34.0 Å². The van der Waals surface area contributed by atoms with E-state index in [1.54, 1.807) is 30.3 Å². The Morgan fingerprint density at radius 1 is 0.969 bits per heavy atom. The summed E-state index contributed by atoms with van der Waals surface area (Å²) in [5, 5.41) is 2.68. The number of amides is 1. The van der Waals surface area contributed by atoms with Gasteiger partial charge in [0.15, 0.2) is 0 Å². The number of nitrogens with one attached hydrogen (secondary N) is 1. The third-order valence-corrected chi connectivity index (χ3v) is 6.55. The van der Waals surface area contributed by atoms with Crippen LogP contribution in [0.2, 0.25) is 0 Å². The maximum Gasteiger partial charge on any atom is 0.264 e. The minimum Gasteiger partial charge on any atom is -0.492 e. The number of anilines is 1. The second-order valence-electron chi connectivity index (χ2n) is 7.00. The molecule has 0 fully saturated rings. The molecule has 0 bridgehead atoms. The first-order valence-corrected chi connectivity index (χ1v) is 11.7. The topological polar surface area (TPSA) is 75.7 Å². The van der Waals surface area contributed by atoms with Crippen molar-refractivity contribution >= 4 is 21.6 Å². The van der Waals surface area contributed by atoms with Crippen molar-refractivity contribution in [3.05, 3.63) is 90.2 Å². The van der Waals surface area contributed by atoms with E-state index in [9.17, 15) is 17.6 Å². The third kappa shape index (κ3) is 6.07. The van der Waals surface area contributed by atoms with Gasteiger partial charge in [0.25, 0.3) is 10.0 Å². The lowest BCUT2D eigenvalue weighted by Crippen LogP contribution is -2.41. The van der Waals surface area contributed by atoms with Crippen LogP contribution in [0.15, 0.2) is 83.8 Å². The molecule has 0 heterocycles. The number of aryl methyl sites for hydroxylation is 1. The quantitative estimate of drug-likeness (QED) is 0.471. The first-order chi connectivity index (χ1) is 15.4. The van der Waals surface area contributed by atoms with Crippen molar-refractivity contribution in [1.82, 2.24) is 5.32 Å². The van der Waals surface area contributed by atoms with Gasteiger partial charge in [-0.1, -0.05) is 37.3 Å². The van der Waals surface area contributed by atoms with Crippen molar-refractivity contribution < 1.29 is 22.3 Å². The molecular formula is C24H25FN2O4S. The number of rotatable bonds is 10. The SMILES string of the molecule is CCc1ccc(OCCNC(=O)CN(c2ccccc2)S(=O)(=O)c2ccc(F)cc2)cc1. The highest BCUT2D eigenvalue weighted by Crippen LogP contribution is 2.23. The summed E-state index contributed by atoms with van der Waals surface area (Å²) >= 11 is 0. The predicted octanol–water partition coefficient (Wildman–Crippen LogP) is 3.78. The zero-order valence-electron chi connectivity index (χ0n) is 17.7. The van der Waals surface area contributed by atoms with Gasteiger partial charge in [0.1, 0.15) is 24.7 Å². The summed E-state index contributed by atoms with van der Waals surface area (Å²) in [6.07, 6.45) is 0.940. The Balaban J connectivity index is 1.64. The molecule has 0 aromatic heterocycles. The Labute approximate surface area is 187 Å². The molecule has 0 saturated carbocycles. The summed E-state index contributed by atoms with van der Waals surface area (Å²) in [6.45, 7) is 2.11. The summed E-state index contributed by atoms with van der Waals surface area (Å²) in [5.41, 5.74) is 1.54. The molecule has 3 rings (SSSR count). The van der Waals surface area contributed by atoms with E-state index in [0.717, 1.165) is 22.9 Å². The van der Waals surface area contributed by atoms with Crippen LogP contribution in [0, 0.1) is 5.82 Å². The van der Waals surface area contributed by atoms with Gasteiger partial charge in [0.05, 0.1) is 17.1 Å². The summed E-state index contributed by atoms with van der Waals surface area (Å²) in [6, 6.07) is 20.5. The largest absolute Gasteiger partial charge is 0.492 e. The van der Waals surface area contributed by atoms with E-state index in [1.807, 2.05) is 24.3 Å². The van der Waals surface area contributed by atoms with Crippen LogP contribution in [0.3, 0.4) is 0 Å². The van der Waals surface area contributed by atoms with Gasteiger partial charge in [0, 0.05) is 0 Å². The maximum absolute atomic E-state index is 13.3. The monoisotopic (exact) mass is 456 g/mol. The fourth-order valence-corrected chi connectivity index (χ4v) is 4.43. The van der Waals surface area contributed by atoms with Gasteiger partial charge in [-0.15, -0.1) is 0 Å². The lowest BCUT2D eigenvalue weighted by Gasteiger charge is -2.24. The van der Waals surface area contributed by atoms with Crippen LogP contribution in [0.1, 0.15) is 12.5 Å². The van der Waals surface area contributed by atoms with E-state index in [-0.39, 0.29) is 18.0 Å². The highest BCUT2D eigenvalue weighted by Gasteiger charge is 2.27.